The van der Waals surface area contributed by atoms with Crippen LogP contribution in [0.5, 0.6) is 0 Å². The first kappa shape index (κ1) is 10.3. The van der Waals surface area contributed by atoms with E-state index in [0.717, 1.165) is 18.4 Å². The standard InChI is InChI=1S/C11H19NO/c1-9(2)8-12-10(13)11(3)6-4-5-7-11/h1,4-8H2,2-3H3,(H,12,13). The SMILES string of the molecule is C=C(C)CNC(=O)C1(C)CCCC1. The van der Waals surface area contributed by atoms with Gasteiger partial charge in [0.2, 0.25) is 5.91 Å². The second kappa shape index (κ2) is 3.95. The van der Waals surface area contributed by atoms with Crippen LogP contribution in [-0.2, 0) is 4.79 Å². The van der Waals surface area contributed by atoms with Crippen LogP contribution in [0.1, 0.15) is 39.5 Å². The lowest BCUT2D eigenvalue weighted by Crippen LogP contribution is -2.37. The van der Waals surface area contributed by atoms with Gasteiger partial charge in [-0.15, -0.1) is 0 Å². The summed E-state index contributed by atoms with van der Waals surface area (Å²) in [4.78, 5) is 11.7. The summed E-state index contributed by atoms with van der Waals surface area (Å²) < 4.78 is 0. The molecule has 74 valence electrons. The summed E-state index contributed by atoms with van der Waals surface area (Å²) in [6.07, 6.45) is 4.46. The zero-order chi connectivity index (χ0) is 9.90. The minimum absolute atomic E-state index is 0.102. The number of rotatable bonds is 3. The van der Waals surface area contributed by atoms with Crippen LogP contribution in [0.4, 0.5) is 0 Å². The molecule has 0 spiro atoms. The summed E-state index contributed by atoms with van der Waals surface area (Å²) in [5.74, 6) is 0.202. The molecule has 1 N–H and O–H groups in total. The molecule has 0 aromatic rings. The highest BCUT2D eigenvalue weighted by molar-refractivity contribution is 5.82. The van der Waals surface area contributed by atoms with Crippen LogP contribution >= 0.6 is 0 Å². The maximum Gasteiger partial charge on any atom is 0.226 e. The van der Waals surface area contributed by atoms with Gasteiger partial charge in [-0.3, -0.25) is 4.79 Å². The van der Waals surface area contributed by atoms with Crippen molar-refractivity contribution in [2.75, 3.05) is 6.54 Å². The molecular weight excluding hydrogens is 162 g/mol. The van der Waals surface area contributed by atoms with Gasteiger partial charge in [0.25, 0.3) is 0 Å². The molecule has 0 radical (unpaired) electrons. The predicted octanol–water partition coefficient (Wildman–Crippen LogP) is 2.26. The molecule has 0 saturated heterocycles. The lowest BCUT2D eigenvalue weighted by Gasteiger charge is -2.22. The Bertz CT molecular complexity index is 214. The summed E-state index contributed by atoms with van der Waals surface area (Å²) in [7, 11) is 0. The van der Waals surface area contributed by atoms with E-state index in [1.807, 2.05) is 6.92 Å². The van der Waals surface area contributed by atoms with Crippen molar-refractivity contribution in [3.05, 3.63) is 12.2 Å². The maximum absolute atomic E-state index is 11.7. The first-order valence-electron chi connectivity index (χ1n) is 4.97. The monoisotopic (exact) mass is 181 g/mol. The summed E-state index contributed by atoms with van der Waals surface area (Å²) in [5.41, 5.74) is 0.907. The highest BCUT2D eigenvalue weighted by Gasteiger charge is 2.35. The Kier molecular flexibility index (Phi) is 3.12. The molecule has 0 bridgehead atoms. The fourth-order valence-electron chi connectivity index (χ4n) is 1.83. The average molecular weight is 181 g/mol. The van der Waals surface area contributed by atoms with E-state index in [9.17, 15) is 4.79 Å². The summed E-state index contributed by atoms with van der Waals surface area (Å²) in [5, 5.41) is 2.93. The highest BCUT2D eigenvalue weighted by Crippen LogP contribution is 2.37. The van der Waals surface area contributed by atoms with Crippen LogP contribution in [0.25, 0.3) is 0 Å². The van der Waals surface area contributed by atoms with Gasteiger partial charge in [0.15, 0.2) is 0 Å². The van der Waals surface area contributed by atoms with E-state index in [0.29, 0.717) is 6.54 Å². The molecule has 2 nitrogen and oxygen atoms in total. The van der Waals surface area contributed by atoms with Crippen molar-refractivity contribution in [3.63, 3.8) is 0 Å². The fraction of sp³-hybridized carbons (Fsp3) is 0.727. The van der Waals surface area contributed by atoms with Gasteiger partial charge in [0.1, 0.15) is 0 Å². The number of carbonyl (C=O) groups excluding carboxylic acids is 1. The highest BCUT2D eigenvalue weighted by atomic mass is 16.2. The third-order valence-corrected chi connectivity index (χ3v) is 2.81. The molecular formula is C11H19NO. The third-order valence-electron chi connectivity index (χ3n) is 2.81. The molecule has 0 heterocycles. The molecule has 1 saturated carbocycles. The normalized spacial score (nSPS) is 19.8. The van der Waals surface area contributed by atoms with Gasteiger partial charge in [0.05, 0.1) is 0 Å². The molecule has 1 rings (SSSR count). The predicted molar refractivity (Wildman–Crippen MR) is 54.4 cm³/mol. The quantitative estimate of drug-likeness (QED) is 0.665. The van der Waals surface area contributed by atoms with Crippen LogP contribution in [0.3, 0.4) is 0 Å². The van der Waals surface area contributed by atoms with Gasteiger partial charge in [-0.05, 0) is 19.8 Å². The van der Waals surface area contributed by atoms with E-state index in [4.69, 9.17) is 0 Å². The first-order valence-corrected chi connectivity index (χ1v) is 4.97. The van der Waals surface area contributed by atoms with Crippen molar-refractivity contribution in [2.24, 2.45) is 5.41 Å². The minimum Gasteiger partial charge on any atom is -0.352 e. The van der Waals surface area contributed by atoms with Crippen molar-refractivity contribution < 1.29 is 4.79 Å². The number of hydrogen-bond donors (Lipinski definition) is 1. The molecule has 0 aromatic heterocycles. The van der Waals surface area contributed by atoms with Gasteiger partial charge in [-0.2, -0.15) is 0 Å². The minimum atomic E-state index is -0.102. The lowest BCUT2D eigenvalue weighted by atomic mass is 9.88. The van der Waals surface area contributed by atoms with Gasteiger partial charge < -0.3 is 5.32 Å². The topological polar surface area (TPSA) is 29.1 Å². The maximum atomic E-state index is 11.7. The van der Waals surface area contributed by atoms with Crippen molar-refractivity contribution in [3.8, 4) is 0 Å². The van der Waals surface area contributed by atoms with Crippen molar-refractivity contribution in [1.82, 2.24) is 5.32 Å². The number of carbonyl (C=O) groups is 1. The van der Waals surface area contributed by atoms with Crippen LogP contribution in [0, 0.1) is 5.41 Å². The van der Waals surface area contributed by atoms with Gasteiger partial charge in [-0.1, -0.05) is 31.9 Å². The largest absolute Gasteiger partial charge is 0.352 e. The molecule has 1 aliphatic rings. The lowest BCUT2D eigenvalue weighted by molar-refractivity contribution is -0.129. The summed E-state index contributed by atoms with van der Waals surface area (Å²) >= 11 is 0. The Morgan fingerprint density at radius 3 is 2.46 bits per heavy atom. The smallest absolute Gasteiger partial charge is 0.226 e. The average Bonchev–Trinajstić information content (AvgIpc) is 2.49. The van der Waals surface area contributed by atoms with Crippen LogP contribution < -0.4 is 5.32 Å². The Hall–Kier alpha value is -0.790. The number of hydrogen-bond acceptors (Lipinski definition) is 1. The molecule has 1 fully saturated rings. The van der Waals surface area contributed by atoms with Crippen molar-refractivity contribution >= 4 is 5.91 Å². The molecule has 0 atom stereocenters. The van der Waals surface area contributed by atoms with E-state index in [2.05, 4.69) is 18.8 Å². The van der Waals surface area contributed by atoms with Crippen molar-refractivity contribution in [1.29, 1.82) is 0 Å². The number of nitrogens with one attached hydrogen (secondary N) is 1. The van der Waals surface area contributed by atoms with Gasteiger partial charge >= 0.3 is 0 Å². The van der Waals surface area contributed by atoms with Crippen LogP contribution in [0.15, 0.2) is 12.2 Å². The van der Waals surface area contributed by atoms with E-state index in [1.165, 1.54) is 12.8 Å². The summed E-state index contributed by atoms with van der Waals surface area (Å²) in [6, 6.07) is 0. The Balaban J connectivity index is 2.42. The molecule has 0 aromatic carbocycles. The zero-order valence-electron chi connectivity index (χ0n) is 8.65. The zero-order valence-corrected chi connectivity index (χ0v) is 8.65. The summed E-state index contributed by atoms with van der Waals surface area (Å²) in [6.45, 7) is 8.37. The fourth-order valence-corrected chi connectivity index (χ4v) is 1.83. The second-order valence-electron chi connectivity index (χ2n) is 4.41. The molecule has 2 heteroatoms. The molecule has 1 amide bonds. The number of amides is 1. The van der Waals surface area contributed by atoms with E-state index < -0.39 is 0 Å². The molecule has 13 heavy (non-hydrogen) atoms. The van der Waals surface area contributed by atoms with Crippen molar-refractivity contribution in [2.45, 2.75) is 39.5 Å². The van der Waals surface area contributed by atoms with Crippen LogP contribution in [0.2, 0.25) is 0 Å². The van der Waals surface area contributed by atoms with E-state index in [1.54, 1.807) is 0 Å². The molecule has 1 aliphatic carbocycles. The Labute approximate surface area is 80.4 Å². The van der Waals surface area contributed by atoms with Crippen LogP contribution in [-0.4, -0.2) is 12.5 Å². The third kappa shape index (κ3) is 2.58. The second-order valence-corrected chi connectivity index (χ2v) is 4.41. The Morgan fingerprint density at radius 1 is 1.46 bits per heavy atom. The van der Waals surface area contributed by atoms with E-state index >= 15 is 0 Å². The van der Waals surface area contributed by atoms with E-state index in [-0.39, 0.29) is 11.3 Å². The van der Waals surface area contributed by atoms with Gasteiger partial charge in [-0.25, -0.2) is 0 Å². The molecule has 0 unspecified atom stereocenters. The molecule has 0 aliphatic heterocycles. The first-order chi connectivity index (χ1) is 6.04. The van der Waals surface area contributed by atoms with Gasteiger partial charge in [0, 0.05) is 12.0 Å². The Morgan fingerprint density at radius 2 is 2.00 bits per heavy atom.